The summed E-state index contributed by atoms with van der Waals surface area (Å²) >= 11 is 4.08. The van der Waals surface area contributed by atoms with Crippen LogP contribution in [0.1, 0.15) is 163 Å². The Bertz CT molecular complexity index is 895. The van der Waals surface area contributed by atoms with Crippen molar-refractivity contribution in [3.63, 3.8) is 0 Å². The number of hydrazine groups is 1. The highest BCUT2D eigenvalue weighted by atomic mass is 32.2. The van der Waals surface area contributed by atoms with Crippen molar-refractivity contribution in [1.82, 2.24) is 19.0 Å². The van der Waals surface area contributed by atoms with Crippen LogP contribution in [0, 0.1) is 5.41 Å². The third-order valence-corrected chi connectivity index (χ3v) is 10.9. The first-order valence-electron chi connectivity index (χ1n) is 18.3. The quantitative estimate of drug-likeness (QED) is 0.100. The predicted octanol–water partition coefficient (Wildman–Crippen LogP) is 10.9. The van der Waals surface area contributed by atoms with Crippen molar-refractivity contribution in [2.75, 3.05) is 38.1 Å². The molecule has 0 aliphatic carbocycles. The van der Waals surface area contributed by atoms with Crippen molar-refractivity contribution in [2.24, 2.45) is 5.41 Å². The normalized spacial score (nSPS) is 16.1. The molecule has 0 atom stereocenters. The average Bonchev–Trinajstić information content (AvgIpc) is 2.95. The third-order valence-electron chi connectivity index (χ3n) is 8.77. The second-order valence-electron chi connectivity index (χ2n) is 16.3. The van der Waals surface area contributed by atoms with Crippen LogP contribution in [0.25, 0.3) is 0 Å². The van der Waals surface area contributed by atoms with Crippen molar-refractivity contribution in [2.45, 2.75) is 164 Å². The molecule has 0 bridgehead atoms. The number of aromatic hydroxyl groups is 1. The molecule has 1 saturated heterocycles. The number of rotatable bonds is 21. The molecule has 0 amide bonds. The summed E-state index contributed by atoms with van der Waals surface area (Å²) in [6, 6.07) is 4.52. The van der Waals surface area contributed by atoms with E-state index in [1.807, 2.05) is 23.9 Å². The summed E-state index contributed by atoms with van der Waals surface area (Å²) < 4.78 is 5.13. The molecule has 0 saturated carbocycles. The molecule has 1 fully saturated rings. The fourth-order valence-electron chi connectivity index (χ4n) is 5.99. The number of phenolic OH excluding ortho intramolecular Hbond substituents is 1. The summed E-state index contributed by atoms with van der Waals surface area (Å²) in [5, 5.41) is 13.7. The summed E-state index contributed by atoms with van der Waals surface area (Å²) in [5.74, 6) is 2.91. The van der Waals surface area contributed by atoms with Crippen LogP contribution in [0.3, 0.4) is 0 Å². The molecule has 1 aromatic carbocycles. The van der Waals surface area contributed by atoms with Gasteiger partial charge in [-0.05, 0) is 52.2 Å². The minimum Gasteiger partial charge on any atom is -0.507 e. The van der Waals surface area contributed by atoms with Gasteiger partial charge in [0.05, 0.1) is 20.0 Å². The van der Waals surface area contributed by atoms with Gasteiger partial charge in [-0.15, -0.1) is 0 Å². The first-order chi connectivity index (χ1) is 21.2. The number of hydrogen-bond acceptors (Lipinski definition) is 7. The Morgan fingerprint density at radius 2 is 1.07 bits per heavy atom. The van der Waals surface area contributed by atoms with E-state index in [0.717, 1.165) is 44.1 Å². The number of nitrogens with one attached hydrogen (secondary N) is 1. The smallest absolute Gasteiger partial charge is 0.123 e. The van der Waals surface area contributed by atoms with Crippen LogP contribution in [-0.4, -0.2) is 56.8 Å². The molecule has 0 radical (unpaired) electrons. The molecule has 0 aromatic heterocycles. The molecule has 7 heteroatoms. The van der Waals surface area contributed by atoms with Gasteiger partial charge >= 0.3 is 0 Å². The Morgan fingerprint density at radius 1 is 0.644 bits per heavy atom. The summed E-state index contributed by atoms with van der Waals surface area (Å²) in [6.07, 6.45) is 17.3. The SMILES string of the molecule is CCCCCCCCSN1CN(NCC(C)(C)Cc2cc(C(C)(C)C)c(O)c(C(C)(C)C)c2)CN(SCCCCCCCC)C1. The molecule has 2 N–H and O–H groups in total. The Hall–Kier alpha value is -0.440. The van der Waals surface area contributed by atoms with Crippen molar-refractivity contribution >= 4 is 23.9 Å². The molecular formula is C38H72N4OS2. The molecule has 1 aliphatic rings. The summed E-state index contributed by atoms with van der Waals surface area (Å²) in [6.45, 7) is 26.4. The number of nitrogens with zero attached hydrogens (tertiary/aromatic N) is 3. The second kappa shape index (κ2) is 20.2. The summed E-state index contributed by atoms with van der Waals surface area (Å²) in [4.78, 5) is 0. The van der Waals surface area contributed by atoms with Gasteiger partial charge in [-0.25, -0.2) is 13.6 Å². The van der Waals surface area contributed by atoms with Crippen LogP contribution in [0.5, 0.6) is 5.75 Å². The van der Waals surface area contributed by atoms with E-state index >= 15 is 0 Å². The zero-order valence-electron chi connectivity index (χ0n) is 31.2. The monoisotopic (exact) mass is 665 g/mol. The zero-order valence-corrected chi connectivity index (χ0v) is 32.8. The highest BCUT2D eigenvalue weighted by Gasteiger charge is 2.30. The van der Waals surface area contributed by atoms with Crippen molar-refractivity contribution in [3.8, 4) is 5.75 Å². The van der Waals surface area contributed by atoms with Crippen molar-refractivity contribution in [3.05, 3.63) is 28.8 Å². The fraction of sp³-hybridized carbons (Fsp3) is 0.842. The molecule has 2 rings (SSSR count). The van der Waals surface area contributed by atoms with E-state index in [-0.39, 0.29) is 16.2 Å². The van der Waals surface area contributed by atoms with Crippen molar-refractivity contribution in [1.29, 1.82) is 0 Å². The molecule has 1 aromatic rings. The third kappa shape index (κ3) is 16.0. The molecule has 5 nitrogen and oxygen atoms in total. The lowest BCUT2D eigenvalue weighted by Crippen LogP contribution is -2.56. The van der Waals surface area contributed by atoms with Gasteiger partial charge in [0.2, 0.25) is 0 Å². The topological polar surface area (TPSA) is 42.0 Å². The molecule has 0 spiro atoms. The lowest BCUT2D eigenvalue weighted by atomic mass is 9.76. The zero-order chi connectivity index (χ0) is 33.5. The Labute approximate surface area is 288 Å². The highest BCUT2D eigenvalue weighted by Crippen LogP contribution is 2.41. The van der Waals surface area contributed by atoms with E-state index < -0.39 is 0 Å². The van der Waals surface area contributed by atoms with E-state index in [1.165, 1.54) is 94.1 Å². The Balaban J connectivity index is 2.02. The van der Waals surface area contributed by atoms with Crippen molar-refractivity contribution < 1.29 is 5.11 Å². The van der Waals surface area contributed by atoms with E-state index in [9.17, 15) is 5.11 Å². The average molecular weight is 665 g/mol. The van der Waals surface area contributed by atoms with E-state index in [2.05, 4.69) is 100 Å². The maximum atomic E-state index is 11.2. The van der Waals surface area contributed by atoms with Gasteiger partial charge in [0, 0.05) is 18.1 Å². The van der Waals surface area contributed by atoms with Gasteiger partial charge < -0.3 is 5.11 Å². The van der Waals surface area contributed by atoms with Gasteiger partial charge in [-0.3, -0.25) is 5.43 Å². The van der Waals surface area contributed by atoms with E-state index in [1.54, 1.807) is 0 Å². The molecule has 1 heterocycles. The molecule has 45 heavy (non-hydrogen) atoms. The van der Waals surface area contributed by atoms with Gasteiger partial charge in [0.25, 0.3) is 0 Å². The van der Waals surface area contributed by atoms with Crippen LogP contribution >= 0.6 is 23.9 Å². The van der Waals surface area contributed by atoms with Gasteiger partial charge in [-0.1, -0.05) is 169 Å². The van der Waals surface area contributed by atoms with Crippen LogP contribution < -0.4 is 5.43 Å². The van der Waals surface area contributed by atoms with Crippen LogP contribution in [0.2, 0.25) is 0 Å². The lowest BCUT2D eigenvalue weighted by Gasteiger charge is -2.42. The number of benzene rings is 1. The van der Waals surface area contributed by atoms with Gasteiger partial charge in [-0.2, -0.15) is 0 Å². The highest BCUT2D eigenvalue weighted by molar-refractivity contribution is 7.97. The second-order valence-corrected chi connectivity index (χ2v) is 18.7. The van der Waals surface area contributed by atoms with Crippen LogP contribution in [0.4, 0.5) is 0 Å². The van der Waals surface area contributed by atoms with E-state index in [4.69, 9.17) is 0 Å². The molecule has 0 unspecified atom stereocenters. The predicted molar refractivity (Wildman–Crippen MR) is 203 cm³/mol. The Morgan fingerprint density at radius 3 is 1.49 bits per heavy atom. The largest absolute Gasteiger partial charge is 0.507 e. The minimum absolute atomic E-state index is 0.0612. The Kier molecular flexibility index (Phi) is 18.2. The lowest BCUT2D eigenvalue weighted by molar-refractivity contribution is 0.0232. The molecular weight excluding hydrogens is 593 g/mol. The maximum Gasteiger partial charge on any atom is 0.123 e. The molecule has 1 aliphatic heterocycles. The summed E-state index contributed by atoms with van der Waals surface area (Å²) in [5.41, 5.74) is 7.14. The van der Waals surface area contributed by atoms with Gasteiger partial charge in [0.15, 0.2) is 0 Å². The van der Waals surface area contributed by atoms with Gasteiger partial charge in [0.1, 0.15) is 5.75 Å². The minimum atomic E-state index is -0.108. The summed E-state index contributed by atoms with van der Waals surface area (Å²) in [7, 11) is 0. The van der Waals surface area contributed by atoms with Crippen LogP contribution in [-0.2, 0) is 17.3 Å². The maximum absolute atomic E-state index is 11.2. The first-order valence-corrected chi connectivity index (χ1v) is 20.2. The van der Waals surface area contributed by atoms with E-state index in [0.29, 0.717) is 5.75 Å². The molecule has 262 valence electrons. The first kappa shape index (κ1) is 40.7. The number of phenols is 1. The fourth-order valence-corrected chi connectivity index (χ4v) is 8.13. The van der Waals surface area contributed by atoms with Crippen LogP contribution in [0.15, 0.2) is 12.1 Å². The standard InChI is InChI=1S/C38H72N4OS2/c1-11-13-15-17-19-21-23-44-41-29-40(30-42(31-41)45-24-22-20-18-16-14-12-2)39-28-38(9,10)27-32-25-33(36(3,4)5)35(43)34(26-32)37(6,7)8/h25-26,39,43H,11-24,27-31H2,1-10H3. The number of hydrogen-bond donors (Lipinski definition) is 2. The number of unbranched alkanes of at least 4 members (excludes halogenated alkanes) is 10.